The molecule has 1 heterocycles. The van der Waals surface area contributed by atoms with Gasteiger partial charge in [-0.1, -0.05) is 29.8 Å². The Kier molecular flexibility index (Phi) is 4.22. The molecule has 0 radical (unpaired) electrons. The lowest BCUT2D eigenvalue weighted by molar-refractivity contribution is 0.180. The zero-order chi connectivity index (χ0) is 11.4. The summed E-state index contributed by atoms with van der Waals surface area (Å²) < 4.78 is 0. The van der Waals surface area contributed by atoms with Crippen molar-refractivity contribution in [3.63, 3.8) is 0 Å². The summed E-state index contributed by atoms with van der Waals surface area (Å²) in [6, 6.07) is 8.10. The van der Waals surface area contributed by atoms with Crippen LogP contribution < -0.4 is 5.73 Å². The smallest absolute Gasteiger partial charge is 0.0451 e. The van der Waals surface area contributed by atoms with Crippen molar-refractivity contribution < 1.29 is 0 Å². The van der Waals surface area contributed by atoms with Gasteiger partial charge in [0.05, 0.1) is 0 Å². The van der Waals surface area contributed by atoms with Gasteiger partial charge in [-0.15, -0.1) is 0 Å². The Bertz CT molecular complexity index is 332. The molecule has 1 aliphatic rings. The molecule has 0 aromatic heterocycles. The highest BCUT2D eigenvalue weighted by atomic mass is 35.5. The van der Waals surface area contributed by atoms with Crippen LogP contribution in [0.1, 0.15) is 18.4 Å². The predicted molar refractivity (Wildman–Crippen MR) is 68.5 cm³/mol. The van der Waals surface area contributed by atoms with Crippen molar-refractivity contribution in [1.82, 2.24) is 4.90 Å². The van der Waals surface area contributed by atoms with Crippen molar-refractivity contribution in [1.29, 1.82) is 0 Å². The molecule has 0 atom stereocenters. The highest BCUT2D eigenvalue weighted by Crippen LogP contribution is 2.21. The molecule has 1 aliphatic heterocycles. The number of nitrogens with zero attached hydrogens (tertiary/aromatic N) is 1. The van der Waals surface area contributed by atoms with Gasteiger partial charge >= 0.3 is 0 Å². The Balaban J connectivity index is 1.89. The van der Waals surface area contributed by atoms with Gasteiger partial charge in [0.2, 0.25) is 0 Å². The molecule has 2 nitrogen and oxygen atoms in total. The van der Waals surface area contributed by atoms with Crippen LogP contribution in [-0.2, 0) is 6.54 Å². The van der Waals surface area contributed by atoms with Crippen LogP contribution in [0, 0.1) is 5.92 Å². The molecule has 1 aromatic carbocycles. The third-order valence-electron chi connectivity index (χ3n) is 3.39. The van der Waals surface area contributed by atoms with Crippen LogP contribution in [0.25, 0.3) is 0 Å². The Hall–Kier alpha value is -0.570. The van der Waals surface area contributed by atoms with Gasteiger partial charge in [0.25, 0.3) is 0 Å². The lowest BCUT2D eigenvalue weighted by atomic mass is 9.97. The fourth-order valence-electron chi connectivity index (χ4n) is 2.25. The zero-order valence-corrected chi connectivity index (χ0v) is 10.3. The zero-order valence-electron chi connectivity index (χ0n) is 9.53. The molecule has 88 valence electrons. The molecular weight excluding hydrogens is 220 g/mol. The van der Waals surface area contributed by atoms with Crippen LogP contribution in [0.5, 0.6) is 0 Å². The lowest BCUT2D eigenvalue weighted by Crippen LogP contribution is -2.35. The average molecular weight is 239 g/mol. The first-order valence-electron chi connectivity index (χ1n) is 5.95. The minimum absolute atomic E-state index is 0.725. The van der Waals surface area contributed by atoms with E-state index in [9.17, 15) is 0 Å². The highest BCUT2D eigenvalue weighted by Gasteiger charge is 2.18. The van der Waals surface area contributed by atoms with Crippen molar-refractivity contribution >= 4 is 11.6 Å². The van der Waals surface area contributed by atoms with Crippen molar-refractivity contribution in [2.24, 2.45) is 11.7 Å². The summed E-state index contributed by atoms with van der Waals surface area (Å²) in [6.07, 6.45) is 2.45. The van der Waals surface area contributed by atoms with Crippen LogP contribution in [0.15, 0.2) is 24.3 Å². The normalized spacial score (nSPS) is 18.9. The standard InChI is InChI=1S/C13H19ClN2/c14-13-4-2-1-3-12(13)10-16-7-5-11(9-15)6-8-16/h1-4,11H,5-10,15H2. The number of hydrogen-bond acceptors (Lipinski definition) is 2. The summed E-state index contributed by atoms with van der Waals surface area (Å²) in [6.45, 7) is 4.09. The predicted octanol–water partition coefficient (Wildman–Crippen LogP) is 2.51. The lowest BCUT2D eigenvalue weighted by Gasteiger charge is -2.31. The van der Waals surface area contributed by atoms with Gasteiger partial charge in [-0.2, -0.15) is 0 Å². The maximum absolute atomic E-state index is 6.15. The Morgan fingerprint density at radius 1 is 1.25 bits per heavy atom. The van der Waals surface area contributed by atoms with Crippen LogP contribution in [0.3, 0.4) is 0 Å². The second-order valence-corrected chi connectivity index (χ2v) is 4.95. The molecule has 1 aromatic rings. The summed E-state index contributed by atoms with van der Waals surface area (Å²) in [5.74, 6) is 0.725. The molecule has 2 rings (SSSR count). The number of hydrogen-bond donors (Lipinski definition) is 1. The van der Waals surface area contributed by atoms with E-state index in [0.717, 1.165) is 37.1 Å². The SMILES string of the molecule is NCC1CCN(Cc2ccccc2Cl)CC1. The molecule has 0 bridgehead atoms. The van der Waals surface area contributed by atoms with Crippen LogP contribution >= 0.6 is 11.6 Å². The summed E-state index contributed by atoms with van der Waals surface area (Å²) in [4.78, 5) is 2.47. The van der Waals surface area contributed by atoms with E-state index in [1.807, 2.05) is 18.2 Å². The Labute approximate surface area is 102 Å². The van der Waals surface area contributed by atoms with E-state index in [-0.39, 0.29) is 0 Å². The summed E-state index contributed by atoms with van der Waals surface area (Å²) in [5.41, 5.74) is 6.92. The van der Waals surface area contributed by atoms with Crippen LogP contribution in [0.2, 0.25) is 5.02 Å². The fraction of sp³-hybridized carbons (Fsp3) is 0.538. The minimum Gasteiger partial charge on any atom is -0.330 e. The maximum Gasteiger partial charge on any atom is 0.0451 e. The first kappa shape index (κ1) is 11.9. The molecule has 2 N–H and O–H groups in total. The monoisotopic (exact) mass is 238 g/mol. The maximum atomic E-state index is 6.15. The van der Waals surface area contributed by atoms with E-state index in [0.29, 0.717) is 0 Å². The van der Waals surface area contributed by atoms with Gasteiger partial charge < -0.3 is 5.73 Å². The third-order valence-corrected chi connectivity index (χ3v) is 3.76. The van der Waals surface area contributed by atoms with Gasteiger partial charge in [-0.05, 0) is 50.0 Å². The van der Waals surface area contributed by atoms with Gasteiger partial charge in [0.15, 0.2) is 0 Å². The van der Waals surface area contributed by atoms with Crippen molar-refractivity contribution in [2.45, 2.75) is 19.4 Å². The highest BCUT2D eigenvalue weighted by molar-refractivity contribution is 6.31. The molecule has 0 saturated carbocycles. The van der Waals surface area contributed by atoms with Crippen molar-refractivity contribution in [2.75, 3.05) is 19.6 Å². The van der Waals surface area contributed by atoms with E-state index in [1.54, 1.807) is 0 Å². The van der Waals surface area contributed by atoms with E-state index in [4.69, 9.17) is 17.3 Å². The summed E-state index contributed by atoms with van der Waals surface area (Å²) >= 11 is 6.15. The molecular formula is C13H19ClN2. The molecule has 0 amide bonds. The quantitative estimate of drug-likeness (QED) is 0.877. The van der Waals surface area contributed by atoms with Crippen LogP contribution in [0.4, 0.5) is 0 Å². The van der Waals surface area contributed by atoms with Crippen molar-refractivity contribution in [3.05, 3.63) is 34.9 Å². The Morgan fingerprint density at radius 2 is 1.94 bits per heavy atom. The molecule has 1 saturated heterocycles. The van der Waals surface area contributed by atoms with Gasteiger partial charge in [-0.25, -0.2) is 0 Å². The molecule has 0 spiro atoms. The number of nitrogens with two attached hydrogens (primary N) is 1. The molecule has 0 aliphatic carbocycles. The molecule has 16 heavy (non-hydrogen) atoms. The number of likely N-dealkylation sites (tertiary alicyclic amines) is 1. The number of benzene rings is 1. The Morgan fingerprint density at radius 3 is 2.56 bits per heavy atom. The number of piperidine rings is 1. The second-order valence-electron chi connectivity index (χ2n) is 4.55. The first-order chi connectivity index (χ1) is 7.79. The van der Waals surface area contributed by atoms with Crippen LogP contribution in [-0.4, -0.2) is 24.5 Å². The average Bonchev–Trinajstić information content (AvgIpc) is 2.33. The topological polar surface area (TPSA) is 29.3 Å². The number of rotatable bonds is 3. The molecule has 1 fully saturated rings. The summed E-state index contributed by atoms with van der Waals surface area (Å²) in [5, 5.41) is 0.878. The fourth-order valence-corrected chi connectivity index (χ4v) is 2.44. The van der Waals surface area contributed by atoms with Gasteiger partial charge in [-0.3, -0.25) is 4.90 Å². The molecule has 0 unspecified atom stereocenters. The van der Waals surface area contributed by atoms with E-state index in [1.165, 1.54) is 18.4 Å². The van der Waals surface area contributed by atoms with E-state index < -0.39 is 0 Å². The largest absolute Gasteiger partial charge is 0.330 e. The minimum atomic E-state index is 0.725. The first-order valence-corrected chi connectivity index (χ1v) is 6.33. The van der Waals surface area contributed by atoms with E-state index in [2.05, 4.69) is 11.0 Å². The molecule has 3 heteroatoms. The van der Waals surface area contributed by atoms with Gasteiger partial charge in [0.1, 0.15) is 0 Å². The number of halogens is 1. The second kappa shape index (κ2) is 5.67. The van der Waals surface area contributed by atoms with Crippen molar-refractivity contribution in [3.8, 4) is 0 Å². The third kappa shape index (κ3) is 2.97. The van der Waals surface area contributed by atoms with E-state index >= 15 is 0 Å². The summed E-state index contributed by atoms with van der Waals surface area (Å²) in [7, 11) is 0. The van der Waals surface area contributed by atoms with Gasteiger partial charge in [0, 0.05) is 11.6 Å².